The van der Waals surface area contributed by atoms with Crippen LogP contribution in [-0.4, -0.2) is 64.9 Å². The number of aromatic nitrogens is 2. The van der Waals surface area contributed by atoms with Crippen LogP contribution < -0.4 is 5.76 Å². The van der Waals surface area contributed by atoms with Gasteiger partial charge >= 0.3 is 5.76 Å². The highest BCUT2D eigenvalue weighted by molar-refractivity contribution is 7.13. The SMILES string of the molecule is O=C(C1CCN(Cn2nc(-c3cccs3)oc2=O)CC1)N1CCOCC1. The van der Waals surface area contributed by atoms with Crippen molar-refractivity contribution in [3.8, 4) is 10.8 Å². The van der Waals surface area contributed by atoms with Gasteiger partial charge in [0.15, 0.2) is 0 Å². The number of carbonyl (C=O) groups is 1. The monoisotopic (exact) mass is 378 g/mol. The Morgan fingerprint density at radius 1 is 1.23 bits per heavy atom. The molecule has 0 saturated carbocycles. The molecule has 2 fully saturated rings. The Labute approximate surface area is 154 Å². The van der Waals surface area contributed by atoms with E-state index in [-0.39, 0.29) is 11.8 Å². The van der Waals surface area contributed by atoms with Gasteiger partial charge in [0.2, 0.25) is 5.91 Å². The lowest BCUT2D eigenvalue weighted by Crippen LogP contribution is -2.47. The molecule has 0 N–H and O–H groups in total. The van der Waals surface area contributed by atoms with E-state index in [1.165, 1.54) is 16.0 Å². The number of likely N-dealkylation sites (tertiary alicyclic amines) is 1. The molecule has 9 heteroatoms. The van der Waals surface area contributed by atoms with E-state index < -0.39 is 5.76 Å². The number of nitrogens with zero attached hydrogens (tertiary/aromatic N) is 4. The molecule has 1 amide bonds. The van der Waals surface area contributed by atoms with Crippen LogP contribution in [0.15, 0.2) is 26.7 Å². The quantitative estimate of drug-likeness (QED) is 0.792. The van der Waals surface area contributed by atoms with Crippen LogP contribution in [0.2, 0.25) is 0 Å². The molecular formula is C17H22N4O4S. The number of amides is 1. The van der Waals surface area contributed by atoms with E-state index in [0.29, 0.717) is 38.9 Å². The molecule has 0 atom stereocenters. The van der Waals surface area contributed by atoms with E-state index in [1.807, 2.05) is 22.4 Å². The molecule has 0 aliphatic carbocycles. The topological polar surface area (TPSA) is 80.8 Å². The largest absolute Gasteiger partial charge is 0.438 e. The van der Waals surface area contributed by atoms with Crippen molar-refractivity contribution in [3.05, 3.63) is 28.1 Å². The van der Waals surface area contributed by atoms with Crippen LogP contribution in [0.3, 0.4) is 0 Å². The Morgan fingerprint density at radius 2 is 2.00 bits per heavy atom. The summed E-state index contributed by atoms with van der Waals surface area (Å²) in [7, 11) is 0. The molecule has 2 saturated heterocycles. The van der Waals surface area contributed by atoms with Gasteiger partial charge in [0, 0.05) is 32.1 Å². The second-order valence-corrected chi connectivity index (χ2v) is 7.57. The van der Waals surface area contributed by atoms with E-state index in [2.05, 4.69) is 10.00 Å². The number of hydrogen-bond acceptors (Lipinski definition) is 7. The Kier molecular flexibility index (Phi) is 5.18. The molecule has 2 aliphatic rings. The van der Waals surface area contributed by atoms with Crippen molar-refractivity contribution in [2.24, 2.45) is 5.92 Å². The van der Waals surface area contributed by atoms with Crippen molar-refractivity contribution in [2.45, 2.75) is 19.5 Å². The standard InChI is InChI=1S/C17H22N4O4S/c22-16(20-7-9-24-10-8-20)13-3-5-19(6-4-13)12-21-17(23)25-15(18-21)14-2-1-11-26-14/h1-2,11,13H,3-10,12H2. The smallest absolute Gasteiger partial charge is 0.387 e. The van der Waals surface area contributed by atoms with E-state index in [0.717, 1.165) is 30.8 Å². The third kappa shape index (κ3) is 3.74. The lowest BCUT2D eigenvalue weighted by molar-refractivity contribution is -0.141. The first-order valence-corrected chi connectivity index (χ1v) is 9.79. The van der Waals surface area contributed by atoms with E-state index >= 15 is 0 Å². The number of morpholine rings is 1. The minimum absolute atomic E-state index is 0.0695. The summed E-state index contributed by atoms with van der Waals surface area (Å²) in [5.41, 5.74) is 0. The highest BCUT2D eigenvalue weighted by Crippen LogP contribution is 2.22. The third-order valence-electron chi connectivity index (χ3n) is 4.93. The van der Waals surface area contributed by atoms with Gasteiger partial charge in [-0.25, -0.2) is 4.79 Å². The minimum Gasteiger partial charge on any atom is -0.387 e. The van der Waals surface area contributed by atoms with Gasteiger partial charge in [-0.15, -0.1) is 16.4 Å². The fraction of sp³-hybridized carbons (Fsp3) is 0.588. The van der Waals surface area contributed by atoms with Crippen LogP contribution in [0, 0.1) is 5.92 Å². The van der Waals surface area contributed by atoms with Crippen molar-refractivity contribution < 1.29 is 13.9 Å². The highest BCUT2D eigenvalue weighted by Gasteiger charge is 2.29. The predicted molar refractivity (Wildman–Crippen MR) is 95.8 cm³/mol. The zero-order chi connectivity index (χ0) is 17.9. The lowest BCUT2D eigenvalue weighted by Gasteiger charge is -2.35. The average molecular weight is 378 g/mol. The molecule has 2 aromatic heterocycles. The fourth-order valence-corrected chi connectivity index (χ4v) is 4.09. The van der Waals surface area contributed by atoms with E-state index in [9.17, 15) is 9.59 Å². The van der Waals surface area contributed by atoms with Crippen molar-refractivity contribution in [1.82, 2.24) is 19.6 Å². The Hall–Kier alpha value is -1.97. The first-order chi connectivity index (χ1) is 12.7. The number of hydrogen-bond donors (Lipinski definition) is 0. The van der Waals surface area contributed by atoms with Gasteiger partial charge in [0.05, 0.1) is 18.1 Å². The molecule has 4 heterocycles. The van der Waals surface area contributed by atoms with Crippen LogP contribution in [0.25, 0.3) is 10.8 Å². The molecule has 26 heavy (non-hydrogen) atoms. The molecule has 2 aromatic rings. The van der Waals surface area contributed by atoms with Gasteiger partial charge in [-0.05, 0) is 24.3 Å². The van der Waals surface area contributed by atoms with E-state index in [4.69, 9.17) is 9.15 Å². The van der Waals surface area contributed by atoms with Gasteiger partial charge in [-0.2, -0.15) is 4.68 Å². The highest BCUT2D eigenvalue weighted by atomic mass is 32.1. The van der Waals surface area contributed by atoms with Crippen molar-refractivity contribution in [3.63, 3.8) is 0 Å². The maximum absolute atomic E-state index is 12.6. The zero-order valence-electron chi connectivity index (χ0n) is 14.5. The van der Waals surface area contributed by atoms with Gasteiger partial charge in [-0.3, -0.25) is 9.69 Å². The molecule has 0 bridgehead atoms. The number of piperidine rings is 1. The van der Waals surface area contributed by atoms with Crippen LogP contribution in [0.1, 0.15) is 12.8 Å². The number of thiophene rings is 1. The van der Waals surface area contributed by atoms with Gasteiger partial charge in [-0.1, -0.05) is 6.07 Å². The summed E-state index contributed by atoms with van der Waals surface area (Å²) < 4.78 is 11.9. The number of carbonyl (C=O) groups excluding carboxylic acids is 1. The molecule has 140 valence electrons. The van der Waals surface area contributed by atoms with Crippen LogP contribution in [0.4, 0.5) is 0 Å². The molecule has 0 radical (unpaired) electrons. The van der Waals surface area contributed by atoms with Gasteiger partial charge in [0.1, 0.15) is 6.67 Å². The van der Waals surface area contributed by atoms with Gasteiger partial charge < -0.3 is 14.1 Å². The summed E-state index contributed by atoms with van der Waals surface area (Å²) in [5, 5.41) is 6.21. The first kappa shape index (κ1) is 17.4. The molecular weight excluding hydrogens is 356 g/mol. The molecule has 0 spiro atoms. The molecule has 4 rings (SSSR count). The maximum Gasteiger partial charge on any atom is 0.438 e. The minimum atomic E-state index is -0.445. The van der Waals surface area contributed by atoms with Crippen LogP contribution in [0.5, 0.6) is 0 Å². The third-order valence-corrected chi connectivity index (χ3v) is 5.79. The Bertz CT molecular complexity index is 786. The lowest BCUT2D eigenvalue weighted by atomic mass is 9.95. The van der Waals surface area contributed by atoms with E-state index in [1.54, 1.807) is 0 Å². The van der Waals surface area contributed by atoms with Crippen LogP contribution >= 0.6 is 11.3 Å². The normalized spacial score (nSPS) is 19.8. The number of ether oxygens (including phenoxy) is 1. The molecule has 0 aromatic carbocycles. The summed E-state index contributed by atoms with van der Waals surface area (Å²) in [6.07, 6.45) is 1.61. The van der Waals surface area contributed by atoms with Crippen molar-refractivity contribution in [1.29, 1.82) is 0 Å². The summed E-state index contributed by atoms with van der Waals surface area (Å²) in [4.78, 5) is 29.5. The summed E-state index contributed by atoms with van der Waals surface area (Å²) >= 11 is 1.49. The molecule has 0 unspecified atom stereocenters. The van der Waals surface area contributed by atoms with Crippen molar-refractivity contribution in [2.75, 3.05) is 39.4 Å². The summed E-state index contributed by atoms with van der Waals surface area (Å²) in [6, 6.07) is 3.78. The second-order valence-electron chi connectivity index (χ2n) is 6.62. The second kappa shape index (κ2) is 7.73. The summed E-state index contributed by atoms with van der Waals surface area (Å²) in [6.45, 7) is 4.59. The first-order valence-electron chi connectivity index (χ1n) is 8.91. The zero-order valence-corrected chi connectivity index (χ0v) is 15.3. The average Bonchev–Trinajstić information content (AvgIpc) is 3.33. The van der Waals surface area contributed by atoms with Crippen LogP contribution in [-0.2, 0) is 16.2 Å². The Morgan fingerprint density at radius 3 is 2.69 bits per heavy atom. The van der Waals surface area contributed by atoms with Crippen molar-refractivity contribution >= 4 is 17.2 Å². The maximum atomic E-state index is 12.6. The Balaban J connectivity index is 1.33. The number of rotatable bonds is 4. The predicted octanol–water partition coefficient (Wildman–Crippen LogP) is 1.09. The van der Waals surface area contributed by atoms with Gasteiger partial charge in [0.25, 0.3) is 5.89 Å². The fourth-order valence-electron chi connectivity index (χ4n) is 3.45. The molecule has 2 aliphatic heterocycles. The molecule has 8 nitrogen and oxygen atoms in total. The summed E-state index contributed by atoms with van der Waals surface area (Å²) in [5.74, 6) is 0.230.